The molecule has 0 fully saturated rings. The smallest absolute Gasteiger partial charge is 0.260 e. The number of pyridine rings is 1. The molecule has 0 aliphatic carbocycles. The first-order chi connectivity index (χ1) is 6.20. The maximum Gasteiger partial charge on any atom is 0.260 e. The maximum absolute atomic E-state index is 5.84. The highest BCUT2D eigenvalue weighted by molar-refractivity contribution is 9.10. The third-order valence-electron chi connectivity index (χ3n) is 1.60. The molecule has 2 heterocycles. The van der Waals surface area contributed by atoms with Gasteiger partial charge in [-0.05, 0) is 15.9 Å². The van der Waals surface area contributed by atoms with Crippen molar-refractivity contribution in [3.8, 4) is 11.6 Å². The SMILES string of the molecule is Nc1nc2c(c(Br)c1Cl)OCCO2. The van der Waals surface area contributed by atoms with Crippen LogP contribution in [0.2, 0.25) is 5.02 Å². The molecule has 1 aliphatic rings. The highest BCUT2D eigenvalue weighted by Crippen LogP contribution is 2.42. The van der Waals surface area contributed by atoms with Crippen molar-refractivity contribution in [3.05, 3.63) is 9.50 Å². The van der Waals surface area contributed by atoms with Crippen LogP contribution < -0.4 is 15.2 Å². The zero-order chi connectivity index (χ0) is 9.42. The van der Waals surface area contributed by atoms with E-state index in [9.17, 15) is 0 Å². The van der Waals surface area contributed by atoms with Gasteiger partial charge in [0.25, 0.3) is 5.88 Å². The number of ether oxygens (including phenoxy) is 2. The molecule has 0 atom stereocenters. The molecule has 1 aromatic rings. The van der Waals surface area contributed by atoms with E-state index < -0.39 is 0 Å². The van der Waals surface area contributed by atoms with Crippen molar-refractivity contribution in [2.24, 2.45) is 0 Å². The Morgan fingerprint density at radius 1 is 1.38 bits per heavy atom. The van der Waals surface area contributed by atoms with Crippen molar-refractivity contribution in [2.75, 3.05) is 18.9 Å². The molecule has 0 radical (unpaired) electrons. The molecule has 1 aliphatic heterocycles. The van der Waals surface area contributed by atoms with Gasteiger partial charge in [-0.25, -0.2) is 0 Å². The Kier molecular flexibility index (Phi) is 2.21. The maximum atomic E-state index is 5.84. The van der Waals surface area contributed by atoms with Gasteiger partial charge in [-0.1, -0.05) is 11.6 Å². The lowest BCUT2D eigenvalue weighted by atomic mass is 10.4. The summed E-state index contributed by atoms with van der Waals surface area (Å²) in [5.41, 5.74) is 5.54. The second kappa shape index (κ2) is 3.23. The highest BCUT2D eigenvalue weighted by atomic mass is 79.9. The van der Waals surface area contributed by atoms with Gasteiger partial charge in [0, 0.05) is 0 Å². The lowest BCUT2D eigenvalue weighted by molar-refractivity contribution is 0.163. The lowest BCUT2D eigenvalue weighted by Crippen LogP contribution is -2.17. The number of halogens is 2. The van der Waals surface area contributed by atoms with E-state index in [0.717, 1.165) is 0 Å². The van der Waals surface area contributed by atoms with Gasteiger partial charge in [-0.15, -0.1) is 0 Å². The van der Waals surface area contributed by atoms with Crippen LogP contribution in [0.15, 0.2) is 4.47 Å². The number of rotatable bonds is 0. The minimum atomic E-state index is 0.234. The quantitative estimate of drug-likeness (QED) is 0.778. The molecule has 0 amide bonds. The van der Waals surface area contributed by atoms with Crippen molar-refractivity contribution in [2.45, 2.75) is 0 Å². The van der Waals surface area contributed by atoms with E-state index in [2.05, 4.69) is 20.9 Å². The van der Waals surface area contributed by atoms with Gasteiger partial charge in [0.15, 0.2) is 5.75 Å². The summed E-state index contributed by atoms with van der Waals surface area (Å²) in [6.07, 6.45) is 0. The Morgan fingerprint density at radius 3 is 2.85 bits per heavy atom. The van der Waals surface area contributed by atoms with Gasteiger partial charge >= 0.3 is 0 Å². The third kappa shape index (κ3) is 1.42. The van der Waals surface area contributed by atoms with E-state index in [1.807, 2.05) is 0 Å². The predicted octanol–water partition coefficient (Wildman–Crippen LogP) is 1.85. The number of hydrogen-bond acceptors (Lipinski definition) is 4. The summed E-state index contributed by atoms with van der Waals surface area (Å²) >= 11 is 9.10. The second-order valence-electron chi connectivity index (χ2n) is 2.46. The number of nitrogen functional groups attached to an aromatic ring is 1. The van der Waals surface area contributed by atoms with Crippen molar-refractivity contribution in [1.82, 2.24) is 4.98 Å². The number of fused-ring (bicyclic) bond motifs is 1. The van der Waals surface area contributed by atoms with Crippen molar-refractivity contribution in [1.29, 1.82) is 0 Å². The summed E-state index contributed by atoms with van der Waals surface area (Å²) in [7, 11) is 0. The first-order valence-electron chi connectivity index (χ1n) is 3.60. The molecular formula is C7H6BrClN2O2. The molecule has 0 saturated carbocycles. The minimum Gasteiger partial charge on any atom is -0.483 e. The largest absolute Gasteiger partial charge is 0.483 e. The fraction of sp³-hybridized carbons (Fsp3) is 0.286. The minimum absolute atomic E-state index is 0.234. The molecule has 0 saturated heterocycles. The van der Waals surface area contributed by atoms with Crippen LogP contribution in [0, 0.1) is 0 Å². The normalized spacial score (nSPS) is 14.3. The molecule has 0 bridgehead atoms. The van der Waals surface area contributed by atoms with Crippen LogP contribution in [0.25, 0.3) is 0 Å². The third-order valence-corrected chi connectivity index (χ3v) is 2.97. The van der Waals surface area contributed by atoms with Crippen LogP contribution in [0.5, 0.6) is 11.6 Å². The Bertz CT molecular complexity index is 359. The van der Waals surface area contributed by atoms with Crippen LogP contribution in [0.3, 0.4) is 0 Å². The molecule has 2 N–H and O–H groups in total. The van der Waals surface area contributed by atoms with Crippen LogP contribution in [-0.2, 0) is 0 Å². The van der Waals surface area contributed by atoms with Crippen molar-refractivity contribution >= 4 is 33.3 Å². The molecule has 2 rings (SSSR count). The van der Waals surface area contributed by atoms with Gasteiger partial charge in [0.05, 0.1) is 4.47 Å². The standard InChI is InChI=1S/C7H6BrClN2O2/c8-3-4(9)6(10)11-7-5(3)12-1-2-13-7/h1-2H2,(H2,10,11). The molecule has 4 nitrogen and oxygen atoms in total. The molecule has 0 spiro atoms. The van der Waals surface area contributed by atoms with Gasteiger partial charge in [-0.3, -0.25) is 0 Å². The number of nitrogens with two attached hydrogens (primary N) is 1. The molecule has 0 aromatic carbocycles. The number of hydrogen-bond donors (Lipinski definition) is 1. The zero-order valence-electron chi connectivity index (χ0n) is 6.51. The molecule has 0 unspecified atom stereocenters. The summed E-state index contributed by atoms with van der Waals surface area (Å²) in [5.74, 6) is 1.14. The summed E-state index contributed by atoms with van der Waals surface area (Å²) in [6.45, 7) is 0.973. The van der Waals surface area contributed by atoms with Crippen molar-refractivity contribution < 1.29 is 9.47 Å². The summed E-state index contributed by atoms with van der Waals surface area (Å²) in [5, 5.41) is 0.351. The number of nitrogens with zero attached hydrogens (tertiary/aromatic N) is 1. The van der Waals surface area contributed by atoms with Gasteiger partial charge in [-0.2, -0.15) is 4.98 Å². The van der Waals surface area contributed by atoms with E-state index in [-0.39, 0.29) is 5.82 Å². The lowest BCUT2D eigenvalue weighted by Gasteiger charge is -2.19. The Labute approximate surface area is 88.1 Å². The van der Waals surface area contributed by atoms with Crippen LogP contribution in [-0.4, -0.2) is 18.2 Å². The molecule has 6 heteroatoms. The average molecular weight is 265 g/mol. The summed E-state index contributed by atoms with van der Waals surface area (Å²) in [6, 6.07) is 0. The fourth-order valence-corrected chi connectivity index (χ4v) is 1.64. The van der Waals surface area contributed by atoms with E-state index in [0.29, 0.717) is 34.3 Å². The predicted molar refractivity (Wildman–Crippen MR) is 52.3 cm³/mol. The average Bonchev–Trinajstić information content (AvgIpc) is 2.15. The monoisotopic (exact) mass is 264 g/mol. The van der Waals surface area contributed by atoms with E-state index in [1.165, 1.54) is 0 Å². The molecule has 1 aromatic heterocycles. The number of aromatic nitrogens is 1. The molecular weight excluding hydrogens is 259 g/mol. The Hall–Kier alpha value is -0.680. The Morgan fingerprint density at radius 2 is 2.08 bits per heavy atom. The first-order valence-corrected chi connectivity index (χ1v) is 4.77. The van der Waals surface area contributed by atoms with E-state index in [1.54, 1.807) is 0 Å². The van der Waals surface area contributed by atoms with Crippen LogP contribution in [0.4, 0.5) is 5.82 Å². The summed E-state index contributed by atoms with van der Waals surface area (Å²) in [4.78, 5) is 3.94. The van der Waals surface area contributed by atoms with E-state index >= 15 is 0 Å². The molecule has 13 heavy (non-hydrogen) atoms. The van der Waals surface area contributed by atoms with Crippen LogP contribution >= 0.6 is 27.5 Å². The zero-order valence-corrected chi connectivity index (χ0v) is 8.85. The van der Waals surface area contributed by atoms with Gasteiger partial charge < -0.3 is 15.2 Å². The van der Waals surface area contributed by atoms with Crippen molar-refractivity contribution in [3.63, 3.8) is 0 Å². The summed E-state index contributed by atoms with van der Waals surface area (Å²) < 4.78 is 11.1. The van der Waals surface area contributed by atoms with E-state index in [4.69, 9.17) is 26.8 Å². The molecule has 70 valence electrons. The highest BCUT2D eigenvalue weighted by Gasteiger charge is 2.21. The second-order valence-corrected chi connectivity index (χ2v) is 3.63. The van der Waals surface area contributed by atoms with Crippen LogP contribution in [0.1, 0.15) is 0 Å². The topological polar surface area (TPSA) is 57.4 Å². The van der Waals surface area contributed by atoms with Gasteiger partial charge in [0.1, 0.15) is 24.1 Å². The Balaban J connectivity index is 2.60. The number of anilines is 1. The van der Waals surface area contributed by atoms with Gasteiger partial charge in [0.2, 0.25) is 0 Å². The first kappa shape index (κ1) is 8.90. The fourth-order valence-electron chi connectivity index (χ4n) is 1.02.